The molecule has 0 aliphatic rings. The van der Waals surface area contributed by atoms with Crippen molar-refractivity contribution in [3.8, 4) is 0 Å². The predicted molar refractivity (Wildman–Crippen MR) is 60.9 cm³/mol. The lowest BCUT2D eigenvalue weighted by atomic mass is 9.93. The van der Waals surface area contributed by atoms with E-state index in [9.17, 15) is 18.3 Å². The minimum atomic E-state index is -4.44. The number of hydrogen-bond donors (Lipinski definition) is 2. The maximum absolute atomic E-state index is 12.3. The third-order valence-electron chi connectivity index (χ3n) is 2.68. The molecule has 102 valence electrons. The summed E-state index contributed by atoms with van der Waals surface area (Å²) in [7, 11) is 0. The summed E-state index contributed by atoms with van der Waals surface area (Å²) in [6, 6.07) is 8.41. The number of aliphatic hydroxyl groups excluding tert-OH is 1. The first-order valence-electron chi connectivity index (χ1n) is 5.43. The monoisotopic (exact) mass is 263 g/mol. The molecule has 0 radical (unpaired) electrons. The fraction of sp³-hybridized carbons (Fsp3) is 0.500. The number of halogens is 3. The minimum absolute atomic E-state index is 0.409. The zero-order chi connectivity index (χ0) is 13.8. The van der Waals surface area contributed by atoms with Gasteiger partial charge in [0.1, 0.15) is 0 Å². The highest BCUT2D eigenvalue weighted by molar-refractivity contribution is 5.24. The lowest BCUT2D eigenvalue weighted by molar-refractivity contribution is -0.219. The highest BCUT2D eigenvalue weighted by Crippen LogP contribution is 2.25. The SMILES string of the molecule is CC(OCC(N)(CO)c1ccccc1)C(F)(F)F. The van der Waals surface area contributed by atoms with E-state index in [1.807, 2.05) is 0 Å². The summed E-state index contributed by atoms with van der Waals surface area (Å²) in [6.07, 6.45) is -6.36. The van der Waals surface area contributed by atoms with Crippen LogP contribution in [-0.2, 0) is 10.3 Å². The summed E-state index contributed by atoms with van der Waals surface area (Å²) >= 11 is 0. The Kier molecular flexibility index (Phi) is 4.72. The van der Waals surface area contributed by atoms with Crippen molar-refractivity contribution >= 4 is 0 Å². The lowest BCUT2D eigenvalue weighted by Crippen LogP contribution is -2.47. The fourth-order valence-electron chi connectivity index (χ4n) is 1.36. The van der Waals surface area contributed by atoms with Gasteiger partial charge in [-0.05, 0) is 12.5 Å². The zero-order valence-electron chi connectivity index (χ0n) is 9.95. The normalized spacial score (nSPS) is 17.2. The van der Waals surface area contributed by atoms with Crippen molar-refractivity contribution in [2.24, 2.45) is 5.73 Å². The highest BCUT2D eigenvalue weighted by atomic mass is 19.4. The Morgan fingerprint density at radius 1 is 1.28 bits per heavy atom. The maximum atomic E-state index is 12.3. The Labute approximate surface area is 103 Å². The van der Waals surface area contributed by atoms with Gasteiger partial charge in [0.15, 0.2) is 6.10 Å². The van der Waals surface area contributed by atoms with Gasteiger partial charge in [-0.15, -0.1) is 0 Å². The minimum Gasteiger partial charge on any atom is -0.394 e. The van der Waals surface area contributed by atoms with E-state index in [-0.39, 0.29) is 0 Å². The molecule has 18 heavy (non-hydrogen) atoms. The van der Waals surface area contributed by atoms with E-state index in [4.69, 9.17) is 10.5 Å². The number of rotatable bonds is 5. The van der Waals surface area contributed by atoms with Crippen molar-refractivity contribution in [1.82, 2.24) is 0 Å². The van der Waals surface area contributed by atoms with Crippen LogP contribution in [0.1, 0.15) is 12.5 Å². The molecule has 1 rings (SSSR count). The summed E-state index contributed by atoms with van der Waals surface area (Å²) in [6.45, 7) is -0.00142. The van der Waals surface area contributed by atoms with Gasteiger partial charge in [-0.1, -0.05) is 30.3 Å². The molecule has 6 heteroatoms. The number of alkyl halides is 3. The van der Waals surface area contributed by atoms with Crippen molar-refractivity contribution in [2.45, 2.75) is 24.7 Å². The van der Waals surface area contributed by atoms with Crippen LogP contribution in [0.5, 0.6) is 0 Å². The number of hydrogen-bond acceptors (Lipinski definition) is 3. The van der Waals surface area contributed by atoms with Crippen LogP contribution in [0.3, 0.4) is 0 Å². The van der Waals surface area contributed by atoms with Gasteiger partial charge in [-0.3, -0.25) is 0 Å². The Hall–Kier alpha value is -1.11. The first-order valence-corrected chi connectivity index (χ1v) is 5.43. The molecule has 0 saturated carbocycles. The molecule has 2 atom stereocenters. The van der Waals surface area contributed by atoms with Crippen molar-refractivity contribution in [3.63, 3.8) is 0 Å². The van der Waals surface area contributed by atoms with E-state index in [1.165, 1.54) is 0 Å². The van der Waals surface area contributed by atoms with Crippen LogP contribution in [0.2, 0.25) is 0 Å². The van der Waals surface area contributed by atoms with Gasteiger partial charge in [0.05, 0.1) is 18.8 Å². The largest absolute Gasteiger partial charge is 0.414 e. The number of nitrogens with two attached hydrogens (primary N) is 1. The van der Waals surface area contributed by atoms with Gasteiger partial charge in [0.2, 0.25) is 0 Å². The molecule has 0 spiro atoms. The zero-order valence-corrected chi connectivity index (χ0v) is 9.95. The maximum Gasteiger partial charge on any atom is 0.414 e. The van der Waals surface area contributed by atoms with Gasteiger partial charge in [0, 0.05) is 0 Å². The van der Waals surface area contributed by atoms with Crippen molar-refractivity contribution in [3.05, 3.63) is 35.9 Å². The second-order valence-corrected chi connectivity index (χ2v) is 4.18. The summed E-state index contributed by atoms with van der Waals surface area (Å²) < 4.78 is 41.6. The van der Waals surface area contributed by atoms with Crippen LogP contribution in [0.15, 0.2) is 30.3 Å². The Bertz CT molecular complexity index is 369. The Balaban J connectivity index is 2.73. The predicted octanol–water partition coefficient (Wildman–Crippen LogP) is 1.80. The first-order chi connectivity index (χ1) is 8.29. The molecule has 0 bridgehead atoms. The molecule has 0 aliphatic heterocycles. The third-order valence-corrected chi connectivity index (χ3v) is 2.68. The molecule has 0 amide bonds. The van der Waals surface area contributed by atoms with Crippen LogP contribution in [0.25, 0.3) is 0 Å². The van der Waals surface area contributed by atoms with Gasteiger partial charge < -0.3 is 15.6 Å². The second-order valence-electron chi connectivity index (χ2n) is 4.18. The Morgan fingerprint density at radius 2 is 1.83 bits per heavy atom. The van der Waals surface area contributed by atoms with Crippen LogP contribution in [-0.4, -0.2) is 30.6 Å². The molecule has 0 aromatic heterocycles. The van der Waals surface area contributed by atoms with Gasteiger partial charge in [-0.2, -0.15) is 13.2 Å². The molecule has 2 unspecified atom stereocenters. The van der Waals surface area contributed by atoms with E-state index < -0.39 is 31.0 Å². The second kappa shape index (κ2) is 5.69. The van der Waals surface area contributed by atoms with Crippen LogP contribution >= 0.6 is 0 Å². The molecule has 3 nitrogen and oxygen atoms in total. The van der Waals surface area contributed by atoms with E-state index in [2.05, 4.69) is 0 Å². The smallest absolute Gasteiger partial charge is 0.394 e. The summed E-state index contributed by atoms with van der Waals surface area (Å²) in [5, 5.41) is 9.27. The average molecular weight is 263 g/mol. The molecule has 1 aromatic carbocycles. The van der Waals surface area contributed by atoms with Gasteiger partial charge in [-0.25, -0.2) is 0 Å². The number of aliphatic hydroxyl groups is 1. The third kappa shape index (κ3) is 3.69. The topological polar surface area (TPSA) is 55.5 Å². The molecule has 0 heterocycles. The van der Waals surface area contributed by atoms with Crippen LogP contribution in [0, 0.1) is 0 Å². The summed E-state index contributed by atoms with van der Waals surface area (Å²) in [4.78, 5) is 0. The standard InChI is InChI=1S/C12H16F3NO2/c1-9(12(13,14)15)18-8-11(16,7-17)10-5-3-2-4-6-10/h2-6,9,17H,7-8,16H2,1H3. The van der Waals surface area contributed by atoms with E-state index in [1.54, 1.807) is 30.3 Å². The summed E-state index contributed by atoms with van der Waals surface area (Å²) in [5.41, 5.74) is 5.06. The Morgan fingerprint density at radius 3 is 2.28 bits per heavy atom. The number of benzene rings is 1. The van der Waals surface area contributed by atoms with Gasteiger partial charge in [0.25, 0.3) is 0 Å². The van der Waals surface area contributed by atoms with Crippen LogP contribution < -0.4 is 5.73 Å². The first kappa shape index (κ1) is 14.9. The van der Waals surface area contributed by atoms with E-state index >= 15 is 0 Å². The summed E-state index contributed by atoms with van der Waals surface area (Å²) in [5.74, 6) is 0. The number of ether oxygens (including phenoxy) is 1. The molecular formula is C12H16F3NO2. The molecule has 0 saturated heterocycles. The molecule has 1 aromatic rings. The molecule has 0 aliphatic carbocycles. The van der Waals surface area contributed by atoms with Crippen molar-refractivity contribution in [2.75, 3.05) is 13.2 Å². The quantitative estimate of drug-likeness (QED) is 0.851. The van der Waals surface area contributed by atoms with Crippen LogP contribution in [0.4, 0.5) is 13.2 Å². The average Bonchev–Trinajstić information content (AvgIpc) is 2.35. The molecule has 3 N–H and O–H groups in total. The van der Waals surface area contributed by atoms with E-state index in [0.29, 0.717) is 5.56 Å². The fourth-order valence-corrected chi connectivity index (χ4v) is 1.36. The highest BCUT2D eigenvalue weighted by Gasteiger charge is 2.39. The molecular weight excluding hydrogens is 247 g/mol. The molecule has 0 fully saturated rings. The lowest BCUT2D eigenvalue weighted by Gasteiger charge is -2.29. The van der Waals surface area contributed by atoms with Crippen molar-refractivity contribution in [1.29, 1.82) is 0 Å². The van der Waals surface area contributed by atoms with Gasteiger partial charge >= 0.3 is 6.18 Å². The van der Waals surface area contributed by atoms with Crippen molar-refractivity contribution < 1.29 is 23.0 Å². The van der Waals surface area contributed by atoms with E-state index in [0.717, 1.165) is 6.92 Å².